The fourth-order valence-corrected chi connectivity index (χ4v) is 6.54. The van der Waals surface area contributed by atoms with Crippen LogP contribution in [0.1, 0.15) is 42.0 Å². The number of carbonyl (C=O) groups excluding carboxylic acids is 4. The number of rotatable bonds is 9. The summed E-state index contributed by atoms with van der Waals surface area (Å²) in [6.45, 7) is 3.56. The number of likely N-dealkylation sites (N-methyl/N-ethyl adjacent to an activating group) is 1. The number of ketones is 2. The van der Waals surface area contributed by atoms with E-state index in [-0.39, 0.29) is 48.9 Å². The van der Waals surface area contributed by atoms with Crippen LogP contribution in [0.15, 0.2) is 11.6 Å². The molecule has 1 heterocycles. The van der Waals surface area contributed by atoms with Gasteiger partial charge in [-0.05, 0) is 61.9 Å². The number of amides is 3. The van der Waals surface area contributed by atoms with Crippen molar-refractivity contribution in [1.82, 2.24) is 15.1 Å². The lowest BCUT2D eigenvalue weighted by atomic mass is 9.62. The van der Waals surface area contributed by atoms with E-state index in [4.69, 9.17) is 10.5 Å². The Balaban J connectivity index is 1.76. The Morgan fingerprint density at radius 1 is 1.20 bits per heavy atom. The standard InChI is InChI=1S/C29H40N4O8/c1-4-15-9-17(13-31-29(40)33-5-7-41-8-6-33)18-10-16-11-19(20(14-34)32(2)3)24(21(35)12-22(30)36)27(38)23(16)28(39)25(18)26(15)37/h9,16,19-20,24,34,37,39H,4-8,10-14H2,1-3H3,(H2,30,36)(H,31,40). The van der Waals surface area contributed by atoms with Gasteiger partial charge in [0.15, 0.2) is 11.6 Å². The topological polar surface area (TPSA) is 183 Å². The summed E-state index contributed by atoms with van der Waals surface area (Å²) in [7, 11) is 3.47. The van der Waals surface area contributed by atoms with Gasteiger partial charge in [-0.2, -0.15) is 0 Å². The van der Waals surface area contributed by atoms with E-state index in [9.17, 15) is 34.5 Å². The molecule has 6 N–H and O–H groups in total. The van der Waals surface area contributed by atoms with E-state index in [2.05, 4.69) is 5.32 Å². The number of allylic oxidation sites excluding steroid dienone is 1. The Labute approximate surface area is 239 Å². The van der Waals surface area contributed by atoms with E-state index in [1.165, 1.54) is 0 Å². The first-order chi connectivity index (χ1) is 19.5. The van der Waals surface area contributed by atoms with Gasteiger partial charge in [0.05, 0.1) is 37.7 Å². The molecule has 1 aliphatic heterocycles. The molecule has 1 saturated heterocycles. The molecule has 12 heteroatoms. The highest BCUT2D eigenvalue weighted by atomic mass is 16.5. The molecular weight excluding hydrogens is 532 g/mol. The maximum atomic E-state index is 14.0. The van der Waals surface area contributed by atoms with E-state index in [0.29, 0.717) is 49.4 Å². The van der Waals surface area contributed by atoms with E-state index in [1.807, 2.05) is 13.0 Å². The first-order valence-corrected chi connectivity index (χ1v) is 14.0. The number of phenols is 1. The third-order valence-corrected chi connectivity index (χ3v) is 8.61. The smallest absolute Gasteiger partial charge is 0.317 e. The fourth-order valence-electron chi connectivity index (χ4n) is 6.54. The molecule has 4 unspecified atom stereocenters. The zero-order valence-corrected chi connectivity index (χ0v) is 23.8. The van der Waals surface area contributed by atoms with Crippen molar-refractivity contribution in [2.24, 2.45) is 23.5 Å². The number of nitrogens with one attached hydrogen (secondary N) is 1. The number of nitrogens with two attached hydrogens (primary N) is 1. The molecular formula is C29H40N4O8. The Morgan fingerprint density at radius 3 is 2.46 bits per heavy atom. The van der Waals surface area contributed by atoms with Crippen LogP contribution < -0.4 is 11.1 Å². The normalized spacial score (nSPS) is 23.2. The van der Waals surface area contributed by atoms with Crippen LogP contribution in [-0.4, -0.2) is 102 Å². The van der Waals surface area contributed by atoms with Crippen LogP contribution in [0.25, 0.3) is 5.76 Å². The van der Waals surface area contributed by atoms with Crippen LogP contribution in [-0.2, 0) is 38.5 Å². The molecule has 2 fully saturated rings. The third-order valence-electron chi connectivity index (χ3n) is 8.61. The lowest BCUT2D eigenvalue weighted by Gasteiger charge is -2.43. The van der Waals surface area contributed by atoms with Crippen molar-refractivity contribution in [1.29, 1.82) is 0 Å². The van der Waals surface area contributed by atoms with Gasteiger partial charge >= 0.3 is 6.03 Å². The molecule has 224 valence electrons. The van der Waals surface area contributed by atoms with Crippen LogP contribution in [0.3, 0.4) is 0 Å². The molecule has 1 aromatic carbocycles. The van der Waals surface area contributed by atoms with Gasteiger partial charge in [0.2, 0.25) is 5.91 Å². The minimum Gasteiger partial charge on any atom is -0.507 e. The number of hydrogen-bond acceptors (Lipinski definition) is 9. The van der Waals surface area contributed by atoms with E-state index in [0.717, 1.165) is 0 Å². The average Bonchev–Trinajstić information content (AvgIpc) is 2.92. The van der Waals surface area contributed by atoms with Crippen molar-refractivity contribution < 1.29 is 39.2 Å². The molecule has 4 atom stereocenters. The number of primary amides is 1. The second-order valence-corrected chi connectivity index (χ2v) is 11.2. The maximum Gasteiger partial charge on any atom is 0.317 e. The summed E-state index contributed by atoms with van der Waals surface area (Å²) in [5.41, 5.74) is 7.33. The number of benzene rings is 1. The number of carbonyl (C=O) groups is 4. The molecule has 2 aliphatic carbocycles. The van der Waals surface area contributed by atoms with Crippen molar-refractivity contribution >= 4 is 29.3 Å². The highest BCUT2D eigenvalue weighted by Crippen LogP contribution is 2.49. The maximum absolute atomic E-state index is 14.0. The molecule has 3 aliphatic rings. The lowest BCUT2D eigenvalue weighted by molar-refractivity contribution is -0.138. The number of urea groups is 1. The summed E-state index contributed by atoms with van der Waals surface area (Å²) in [6, 6.07) is 1.00. The largest absolute Gasteiger partial charge is 0.507 e. The summed E-state index contributed by atoms with van der Waals surface area (Å²) in [4.78, 5) is 54.9. The molecule has 12 nitrogen and oxygen atoms in total. The highest BCUT2D eigenvalue weighted by Gasteiger charge is 2.50. The van der Waals surface area contributed by atoms with Gasteiger partial charge in [-0.1, -0.05) is 13.0 Å². The molecule has 3 amide bonds. The Morgan fingerprint density at radius 2 is 1.88 bits per heavy atom. The molecule has 1 aromatic rings. The molecule has 41 heavy (non-hydrogen) atoms. The van der Waals surface area contributed by atoms with Crippen LogP contribution in [0.2, 0.25) is 0 Å². The summed E-state index contributed by atoms with van der Waals surface area (Å²) in [5.74, 6) is -5.10. The van der Waals surface area contributed by atoms with Crippen molar-refractivity contribution in [3.05, 3.63) is 33.9 Å². The molecule has 0 spiro atoms. The predicted octanol–water partition coefficient (Wildman–Crippen LogP) is 0.510. The van der Waals surface area contributed by atoms with Gasteiger partial charge in [-0.15, -0.1) is 0 Å². The average molecular weight is 573 g/mol. The summed E-state index contributed by atoms with van der Waals surface area (Å²) in [6.07, 6.45) is 0.358. The van der Waals surface area contributed by atoms with Crippen LogP contribution in [0.4, 0.5) is 4.79 Å². The summed E-state index contributed by atoms with van der Waals surface area (Å²) < 4.78 is 5.32. The highest BCUT2D eigenvalue weighted by molar-refractivity contribution is 6.17. The Bertz CT molecular complexity index is 1250. The third kappa shape index (κ3) is 5.95. The number of ether oxygens (including phenoxy) is 1. The van der Waals surface area contributed by atoms with Crippen molar-refractivity contribution in [3.63, 3.8) is 0 Å². The van der Waals surface area contributed by atoms with Gasteiger partial charge in [0, 0.05) is 31.2 Å². The van der Waals surface area contributed by atoms with Gasteiger partial charge in [0.25, 0.3) is 0 Å². The van der Waals surface area contributed by atoms with Gasteiger partial charge in [-0.25, -0.2) is 4.79 Å². The molecule has 0 radical (unpaired) electrons. The number of phenolic OH excluding ortho intramolecular Hbond substituents is 1. The zero-order valence-electron chi connectivity index (χ0n) is 23.8. The van der Waals surface area contributed by atoms with Crippen molar-refractivity contribution in [2.75, 3.05) is 47.0 Å². The molecule has 0 bridgehead atoms. The number of aryl methyl sites for hydroxylation is 1. The van der Waals surface area contributed by atoms with Crippen molar-refractivity contribution in [2.45, 2.75) is 45.2 Å². The minimum atomic E-state index is -1.28. The van der Waals surface area contributed by atoms with Gasteiger partial charge in [0.1, 0.15) is 11.5 Å². The van der Waals surface area contributed by atoms with E-state index < -0.39 is 53.4 Å². The quantitative estimate of drug-likeness (QED) is 0.263. The molecule has 1 saturated carbocycles. The number of aliphatic hydroxyl groups excluding tert-OH is 2. The number of aliphatic hydroxyl groups is 2. The van der Waals surface area contributed by atoms with Gasteiger partial charge < -0.3 is 40.9 Å². The first-order valence-electron chi connectivity index (χ1n) is 14.0. The SMILES string of the molecule is CCc1cc(CNC(=O)N2CCOCC2)c2c(c1O)C(O)=C1C(=O)C(C(=O)CC(N)=O)C(C(CO)N(C)C)CC1C2. The molecule has 4 rings (SSSR count). The number of hydrogen-bond donors (Lipinski definition) is 5. The van der Waals surface area contributed by atoms with Crippen molar-refractivity contribution in [3.8, 4) is 5.75 Å². The number of nitrogens with zero attached hydrogens (tertiary/aromatic N) is 2. The number of Topliss-reactive ketones (excluding diaryl/α,β-unsaturated/α-hetero) is 2. The van der Waals surface area contributed by atoms with E-state index >= 15 is 0 Å². The summed E-state index contributed by atoms with van der Waals surface area (Å²) in [5, 5.41) is 35.8. The van der Waals surface area contributed by atoms with E-state index in [1.54, 1.807) is 23.9 Å². The van der Waals surface area contributed by atoms with Crippen LogP contribution in [0.5, 0.6) is 5.75 Å². The van der Waals surface area contributed by atoms with Gasteiger partial charge in [-0.3, -0.25) is 14.4 Å². The number of morpholine rings is 1. The second-order valence-electron chi connectivity index (χ2n) is 11.2. The fraction of sp³-hybridized carbons (Fsp3) is 0.586. The monoisotopic (exact) mass is 572 g/mol. The summed E-state index contributed by atoms with van der Waals surface area (Å²) >= 11 is 0. The predicted molar refractivity (Wildman–Crippen MR) is 149 cm³/mol. The number of fused-ring (bicyclic) bond motifs is 2. The van der Waals surface area contributed by atoms with Crippen LogP contribution in [0, 0.1) is 17.8 Å². The lowest BCUT2D eigenvalue weighted by Crippen LogP contribution is -2.51. The zero-order chi connectivity index (χ0) is 30.0. The minimum absolute atomic E-state index is 0.0406. The Kier molecular flexibility index (Phi) is 9.35. The Hall–Kier alpha value is -3.48. The van der Waals surface area contributed by atoms with Crippen LogP contribution >= 0.6 is 0 Å². The second kappa shape index (κ2) is 12.6. The first kappa shape index (κ1) is 30.5. The number of aromatic hydroxyl groups is 1. The molecule has 0 aromatic heterocycles.